The van der Waals surface area contributed by atoms with E-state index in [1.54, 1.807) is 0 Å². The highest BCUT2D eigenvalue weighted by atomic mass is 16.3. The number of nitrogens with zero attached hydrogens (tertiary/aromatic N) is 1. The van der Waals surface area contributed by atoms with Crippen LogP contribution >= 0.6 is 0 Å². The molecule has 0 fully saturated rings. The normalized spacial score (nSPS) is 11.5. The van der Waals surface area contributed by atoms with Gasteiger partial charge in [0.1, 0.15) is 11.2 Å². The summed E-state index contributed by atoms with van der Waals surface area (Å²) in [7, 11) is 0. The number of hydrogen-bond acceptors (Lipinski definition) is 2. The highest BCUT2D eigenvalue weighted by Crippen LogP contribution is 2.43. The van der Waals surface area contributed by atoms with Crippen molar-refractivity contribution in [2.45, 2.75) is 0 Å². The van der Waals surface area contributed by atoms with Gasteiger partial charge in [-0.3, -0.25) is 0 Å². The lowest BCUT2D eigenvalue weighted by Gasteiger charge is -2.27. The van der Waals surface area contributed by atoms with Crippen molar-refractivity contribution in [1.29, 1.82) is 0 Å². The Bertz CT molecular complexity index is 2880. The second-order valence-corrected chi connectivity index (χ2v) is 13.3. The first-order chi connectivity index (χ1) is 25.8. The Hall–Kier alpha value is -6.90. The number of para-hydroxylation sites is 2. The third kappa shape index (κ3) is 5.12. The summed E-state index contributed by atoms with van der Waals surface area (Å²) >= 11 is 0. The van der Waals surface area contributed by atoms with Gasteiger partial charge in [0.05, 0.1) is 0 Å². The van der Waals surface area contributed by atoms with Crippen LogP contribution in [-0.4, -0.2) is 0 Å². The van der Waals surface area contributed by atoms with Gasteiger partial charge in [0.2, 0.25) is 0 Å². The van der Waals surface area contributed by atoms with Crippen molar-refractivity contribution in [3.8, 4) is 33.4 Å². The average molecular weight is 664 g/mol. The molecular weight excluding hydrogens is 631 g/mol. The van der Waals surface area contributed by atoms with E-state index in [2.05, 4.69) is 193 Å². The monoisotopic (exact) mass is 663 g/mol. The van der Waals surface area contributed by atoms with Gasteiger partial charge in [0.25, 0.3) is 0 Å². The maximum absolute atomic E-state index is 6.22. The van der Waals surface area contributed by atoms with Gasteiger partial charge in [-0.1, -0.05) is 146 Å². The molecular formula is C50H33NO. The lowest BCUT2D eigenvalue weighted by Crippen LogP contribution is -2.10. The van der Waals surface area contributed by atoms with Gasteiger partial charge in [-0.2, -0.15) is 0 Å². The lowest BCUT2D eigenvalue weighted by molar-refractivity contribution is 0.669. The van der Waals surface area contributed by atoms with Gasteiger partial charge in [-0.05, 0) is 110 Å². The van der Waals surface area contributed by atoms with Crippen LogP contribution in [0, 0.1) is 0 Å². The summed E-state index contributed by atoms with van der Waals surface area (Å²) in [6.45, 7) is 0. The Labute approximate surface area is 302 Å². The summed E-state index contributed by atoms with van der Waals surface area (Å²) < 4.78 is 6.22. The zero-order chi connectivity index (χ0) is 34.4. The SMILES string of the molecule is c1ccc(-c2ccc(N(c3ccccc3)c3ccc(-c4ccc5ccc6oc7ccccc7c6c5c4)cc3)cc2-c2cccc3ccccc23)cc1. The first kappa shape index (κ1) is 30.0. The van der Waals surface area contributed by atoms with Crippen molar-refractivity contribution in [3.63, 3.8) is 0 Å². The predicted octanol–water partition coefficient (Wildman–Crippen LogP) is 14.4. The quantitative estimate of drug-likeness (QED) is 0.176. The van der Waals surface area contributed by atoms with Crippen LogP contribution in [0.4, 0.5) is 17.1 Å². The standard InChI is InChI=1S/C50H33NO/c1-3-12-35(13-4-1)43-30-29-41(33-47(43)44-20-11-15-36-14-7-8-18-42(36)44)51(39-16-5-2-6-17-39)40-27-24-34(25-28-40)38-23-22-37-26-31-49-50(46(37)32-38)45-19-9-10-21-48(45)52-49/h1-33H. The minimum absolute atomic E-state index is 0.917. The van der Waals surface area contributed by atoms with E-state index >= 15 is 0 Å². The van der Waals surface area contributed by atoms with Crippen LogP contribution in [0.1, 0.15) is 0 Å². The van der Waals surface area contributed by atoms with Crippen LogP contribution in [0.15, 0.2) is 205 Å². The fourth-order valence-corrected chi connectivity index (χ4v) is 7.77. The van der Waals surface area contributed by atoms with E-state index in [4.69, 9.17) is 4.42 Å². The molecule has 0 aliphatic rings. The third-order valence-electron chi connectivity index (χ3n) is 10.3. The van der Waals surface area contributed by atoms with Gasteiger partial charge in [-0.15, -0.1) is 0 Å². The largest absolute Gasteiger partial charge is 0.456 e. The predicted molar refractivity (Wildman–Crippen MR) is 220 cm³/mol. The number of furan rings is 1. The van der Waals surface area contributed by atoms with E-state index in [-0.39, 0.29) is 0 Å². The molecule has 0 unspecified atom stereocenters. The van der Waals surface area contributed by atoms with E-state index in [0.717, 1.165) is 33.6 Å². The number of anilines is 3. The molecule has 0 bridgehead atoms. The van der Waals surface area contributed by atoms with Crippen LogP contribution in [0.3, 0.4) is 0 Å². The van der Waals surface area contributed by atoms with Gasteiger partial charge < -0.3 is 9.32 Å². The summed E-state index contributed by atoms with van der Waals surface area (Å²) in [4.78, 5) is 2.36. The minimum atomic E-state index is 0.917. The van der Waals surface area contributed by atoms with Gasteiger partial charge in [0.15, 0.2) is 0 Å². The Morgan fingerprint density at radius 1 is 0.308 bits per heavy atom. The van der Waals surface area contributed by atoms with Crippen molar-refractivity contribution in [2.75, 3.05) is 4.90 Å². The third-order valence-corrected chi connectivity index (χ3v) is 10.3. The number of fused-ring (bicyclic) bond motifs is 6. The second-order valence-electron chi connectivity index (χ2n) is 13.3. The van der Waals surface area contributed by atoms with Crippen LogP contribution in [0.5, 0.6) is 0 Å². The highest BCUT2D eigenvalue weighted by molar-refractivity contribution is 6.19. The molecule has 0 saturated heterocycles. The molecule has 0 amide bonds. The van der Waals surface area contributed by atoms with Crippen LogP contribution in [0.2, 0.25) is 0 Å². The Kier molecular flexibility index (Phi) is 7.18. The molecule has 0 aliphatic carbocycles. The van der Waals surface area contributed by atoms with Crippen molar-refractivity contribution >= 4 is 60.5 Å². The second kappa shape index (κ2) is 12.5. The van der Waals surface area contributed by atoms with Crippen LogP contribution in [0.25, 0.3) is 76.9 Å². The molecule has 10 aromatic rings. The smallest absolute Gasteiger partial charge is 0.136 e. The molecule has 52 heavy (non-hydrogen) atoms. The van der Waals surface area contributed by atoms with Crippen LogP contribution in [-0.2, 0) is 0 Å². The highest BCUT2D eigenvalue weighted by Gasteiger charge is 2.18. The molecule has 1 heterocycles. The topological polar surface area (TPSA) is 16.4 Å². The first-order valence-corrected chi connectivity index (χ1v) is 17.8. The van der Waals surface area contributed by atoms with Gasteiger partial charge >= 0.3 is 0 Å². The van der Waals surface area contributed by atoms with Crippen LogP contribution < -0.4 is 4.90 Å². The zero-order valence-electron chi connectivity index (χ0n) is 28.4. The first-order valence-electron chi connectivity index (χ1n) is 17.8. The molecule has 9 aromatic carbocycles. The molecule has 0 aliphatic heterocycles. The molecule has 10 rings (SSSR count). The number of rotatable bonds is 6. The molecule has 1 aromatic heterocycles. The van der Waals surface area contributed by atoms with Gasteiger partial charge in [0, 0.05) is 27.8 Å². The number of benzene rings is 9. The van der Waals surface area contributed by atoms with E-state index in [1.165, 1.54) is 60.3 Å². The van der Waals surface area contributed by atoms with Crippen molar-refractivity contribution < 1.29 is 4.42 Å². The maximum atomic E-state index is 6.22. The summed E-state index contributed by atoms with van der Waals surface area (Å²) in [5.74, 6) is 0. The summed E-state index contributed by atoms with van der Waals surface area (Å²) in [5, 5.41) is 7.20. The molecule has 244 valence electrons. The van der Waals surface area contributed by atoms with Crippen molar-refractivity contribution in [2.24, 2.45) is 0 Å². The molecule has 2 nitrogen and oxygen atoms in total. The Morgan fingerprint density at radius 3 is 1.79 bits per heavy atom. The van der Waals surface area contributed by atoms with E-state index in [0.29, 0.717) is 0 Å². The van der Waals surface area contributed by atoms with Gasteiger partial charge in [-0.25, -0.2) is 0 Å². The molecule has 2 heteroatoms. The average Bonchev–Trinajstić information content (AvgIpc) is 3.61. The Balaban J connectivity index is 1.11. The summed E-state index contributed by atoms with van der Waals surface area (Å²) in [5.41, 5.74) is 12.3. The molecule has 0 N–H and O–H groups in total. The van der Waals surface area contributed by atoms with Crippen molar-refractivity contribution in [1.82, 2.24) is 0 Å². The summed E-state index contributed by atoms with van der Waals surface area (Å²) in [6, 6.07) is 71.8. The zero-order valence-corrected chi connectivity index (χ0v) is 28.4. The molecule has 0 spiro atoms. The maximum Gasteiger partial charge on any atom is 0.136 e. The summed E-state index contributed by atoms with van der Waals surface area (Å²) in [6.07, 6.45) is 0. The minimum Gasteiger partial charge on any atom is -0.456 e. The van der Waals surface area contributed by atoms with E-state index in [1.807, 2.05) is 12.1 Å². The fourth-order valence-electron chi connectivity index (χ4n) is 7.77. The van der Waals surface area contributed by atoms with Crippen molar-refractivity contribution in [3.05, 3.63) is 200 Å². The molecule has 0 radical (unpaired) electrons. The lowest BCUT2D eigenvalue weighted by atomic mass is 9.90. The number of hydrogen-bond donors (Lipinski definition) is 0. The van der Waals surface area contributed by atoms with E-state index in [9.17, 15) is 0 Å². The van der Waals surface area contributed by atoms with E-state index < -0.39 is 0 Å². The fraction of sp³-hybridized carbons (Fsp3) is 0. The molecule has 0 atom stereocenters. The molecule has 0 saturated carbocycles. The Morgan fingerprint density at radius 2 is 0.942 bits per heavy atom.